The zero-order valence-corrected chi connectivity index (χ0v) is 23.3. The van der Waals surface area contributed by atoms with Crippen molar-refractivity contribution in [1.29, 1.82) is 0 Å². The average molecular weight is 566 g/mol. The highest BCUT2D eigenvalue weighted by atomic mass is 35.5. The van der Waals surface area contributed by atoms with Crippen molar-refractivity contribution in [3.8, 4) is 11.5 Å². The molecule has 1 fully saturated rings. The molecule has 0 aliphatic carbocycles. The molecule has 3 amide bonds. The molecule has 2 atom stereocenters. The van der Waals surface area contributed by atoms with Gasteiger partial charge in [0.1, 0.15) is 11.5 Å². The lowest BCUT2D eigenvalue weighted by Gasteiger charge is -2.38. The van der Waals surface area contributed by atoms with Crippen molar-refractivity contribution >= 4 is 29.3 Å². The van der Waals surface area contributed by atoms with Gasteiger partial charge >= 0.3 is 0 Å². The van der Waals surface area contributed by atoms with E-state index in [0.717, 1.165) is 11.1 Å². The summed E-state index contributed by atoms with van der Waals surface area (Å²) >= 11 is 6.23. The fourth-order valence-corrected chi connectivity index (χ4v) is 5.27. The molecule has 3 heterocycles. The van der Waals surface area contributed by atoms with Crippen LogP contribution in [0.5, 0.6) is 11.5 Å². The molecule has 2 aliphatic rings. The van der Waals surface area contributed by atoms with Crippen LogP contribution in [0.4, 0.5) is 0 Å². The second kappa shape index (κ2) is 12.1. The van der Waals surface area contributed by atoms with E-state index in [4.69, 9.17) is 21.1 Å². The monoisotopic (exact) mass is 565 g/mol. The number of amides is 3. The Kier molecular flexibility index (Phi) is 8.37. The van der Waals surface area contributed by atoms with Gasteiger partial charge in [0.2, 0.25) is 11.8 Å². The van der Waals surface area contributed by atoms with Gasteiger partial charge in [-0.1, -0.05) is 35.9 Å². The van der Waals surface area contributed by atoms with Gasteiger partial charge in [0, 0.05) is 39.8 Å². The van der Waals surface area contributed by atoms with Crippen LogP contribution in [0.1, 0.15) is 34.5 Å². The Balaban J connectivity index is 1.37. The van der Waals surface area contributed by atoms with E-state index < -0.39 is 6.04 Å². The van der Waals surface area contributed by atoms with Crippen molar-refractivity contribution < 1.29 is 23.9 Å². The molecule has 0 saturated carbocycles. The van der Waals surface area contributed by atoms with Crippen LogP contribution in [-0.2, 0) is 34.4 Å². The van der Waals surface area contributed by atoms with Crippen LogP contribution in [0.25, 0.3) is 0 Å². The van der Waals surface area contributed by atoms with Crippen LogP contribution in [-0.4, -0.2) is 76.1 Å². The molecule has 40 heavy (non-hydrogen) atoms. The first kappa shape index (κ1) is 27.7. The van der Waals surface area contributed by atoms with Gasteiger partial charge in [-0.2, -0.15) is 5.10 Å². The number of nitrogens with one attached hydrogen (secondary N) is 1. The van der Waals surface area contributed by atoms with Gasteiger partial charge < -0.3 is 24.6 Å². The number of hydrogen-bond donors (Lipinski definition) is 1. The van der Waals surface area contributed by atoms with E-state index in [-0.39, 0.29) is 54.1 Å². The summed E-state index contributed by atoms with van der Waals surface area (Å²) < 4.78 is 13.9. The highest BCUT2D eigenvalue weighted by Gasteiger charge is 2.35. The number of hydrogen-bond acceptors (Lipinski definition) is 6. The zero-order chi connectivity index (χ0) is 28.2. The number of likely N-dealkylation sites (N-methyl/N-ethyl adjacent to an activating group) is 1. The first-order valence-corrected chi connectivity index (χ1v) is 13.6. The number of carbonyl (C=O) groups excluding carboxylic acids is 3. The smallest absolute Gasteiger partial charge is 0.275 e. The Hall–Kier alpha value is -3.89. The van der Waals surface area contributed by atoms with Crippen molar-refractivity contribution in [3.05, 3.63) is 76.6 Å². The van der Waals surface area contributed by atoms with E-state index in [1.165, 1.54) is 9.58 Å². The third-order valence-corrected chi connectivity index (χ3v) is 7.38. The molecule has 2 aliphatic heterocycles. The summed E-state index contributed by atoms with van der Waals surface area (Å²) in [7, 11) is 3.31. The molecule has 0 spiro atoms. The second-order valence-electron chi connectivity index (χ2n) is 10.2. The molecule has 3 aromatic rings. The van der Waals surface area contributed by atoms with Gasteiger partial charge in [0.25, 0.3) is 5.91 Å². The van der Waals surface area contributed by atoms with E-state index in [9.17, 15) is 14.4 Å². The van der Waals surface area contributed by atoms with E-state index in [0.29, 0.717) is 37.5 Å². The largest absolute Gasteiger partial charge is 0.457 e. The normalized spacial score (nSPS) is 20.6. The molecule has 1 aromatic heterocycles. The molecule has 10 nitrogen and oxygen atoms in total. The molecule has 210 valence electrons. The first-order chi connectivity index (χ1) is 19.2. The fraction of sp³-hybridized carbons (Fsp3) is 0.379. The molecular weight excluding hydrogens is 534 g/mol. The summed E-state index contributed by atoms with van der Waals surface area (Å²) in [6.45, 7) is 0.832. The molecule has 2 aromatic carbocycles. The van der Waals surface area contributed by atoms with Crippen LogP contribution in [0, 0.1) is 0 Å². The molecule has 4 bridgehead atoms. The van der Waals surface area contributed by atoms with Gasteiger partial charge in [-0.25, -0.2) is 0 Å². The Morgan fingerprint density at radius 1 is 1.05 bits per heavy atom. The predicted octanol–water partition coefficient (Wildman–Crippen LogP) is 3.19. The Labute approximate surface area is 237 Å². The van der Waals surface area contributed by atoms with E-state index in [2.05, 4.69) is 10.4 Å². The third-order valence-electron chi connectivity index (χ3n) is 7.10. The number of ether oxygens (including phenoxy) is 2. The number of rotatable bonds is 1. The topological polar surface area (TPSA) is 106 Å². The van der Waals surface area contributed by atoms with E-state index in [1.807, 2.05) is 48.5 Å². The molecule has 0 unspecified atom stereocenters. The van der Waals surface area contributed by atoms with Gasteiger partial charge in [0.15, 0.2) is 5.69 Å². The lowest BCUT2D eigenvalue weighted by molar-refractivity contribution is -0.135. The standard InChI is InChI=1S/C29H32ClN5O5/c1-33-17-26(36)31-24-16-35(29(38)28-23(30)15-34(2)32-28)12-11-25(24)39-18-20-6-4-8-22(14-20)40-21-7-3-5-19(13-21)9-10-27(33)37/h3-8,13-15,24-25H,9-12,16-18H2,1-2H3,(H,31,36)/t24-,25+/m0/s1. The second-order valence-corrected chi connectivity index (χ2v) is 10.6. The Morgan fingerprint density at radius 3 is 2.50 bits per heavy atom. The SMILES string of the molecule is CN1CC(=O)N[C@H]2CN(C(=O)c3nn(C)cc3Cl)CC[C@H]2OCc2cccc(c2)Oc2cccc(c2)CCC1=O. The number of nitrogens with zero attached hydrogens (tertiary/aromatic N) is 4. The molecule has 5 rings (SSSR count). The van der Waals surface area contributed by atoms with Crippen LogP contribution in [0.2, 0.25) is 5.02 Å². The third kappa shape index (κ3) is 6.63. The summed E-state index contributed by atoms with van der Waals surface area (Å²) in [5.74, 6) is 0.583. The van der Waals surface area contributed by atoms with Crippen molar-refractivity contribution in [3.63, 3.8) is 0 Å². The number of likely N-dealkylation sites (tertiary alicyclic amines) is 1. The maximum Gasteiger partial charge on any atom is 0.275 e. The highest BCUT2D eigenvalue weighted by Crippen LogP contribution is 2.26. The molecule has 1 N–H and O–H groups in total. The number of benzene rings is 2. The number of piperidine rings is 1. The number of aryl methyl sites for hydroxylation is 2. The number of halogens is 1. The quantitative estimate of drug-likeness (QED) is 0.486. The minimum Gasteiger partial charge on any atom is -0.457 e. The fourth-order valence-electron chi connectivity index (χ4n) is 5.01. The lowest BCUT2D eigenvalue weighted by Crippen LogP contribution is -2.58. The van der Waals surface area contributed by atoms with E-state index >= 15 is 0 Å². The van der Waals surface area contributed by atoms with Crippen molar-refractivity contribution in [1.82, 2.24) is 24.9 Å². The molecular formula is C29H32ClN5O5. The van der Waals surface area contributed by atoms with Crippen molar-refractivity contribution in [2.75, 3.05) is 26.7 Å². The first-order valence-electron chi connectivity index (χ1n) is 13.2. The lowest BCUT2D eigenvalue weighted by atomic mass is 10.0. The Bertz CT molecular complexity index is 1410. The van der Waals surface area contributed by atoms with Gasteiger partial charge in [-0.05, 0) is 48.2 Å². The minimum absolute atomic E-state index is 0.104. The van der Waals surface area contributed by atoms with Crippen LogP contribution in [0.3, 0.4) is 0 Å². The minimum atomic E-state index is -0.491. The Morgan fingerprint density at radius 2 is 1.77 bits per heavy atom. The van der Waals surface area contributed by atoms with Gasteiger partial charge in [-0.15, -0.1) is 0 Å². The van der Waals surface area contributed by atoms with Gasteiger partial charge in [-0.3, -0.25) is 19.1 Å². The summed E-state index contributed by atoms with van der Waals surface area (Å²) in [4.78, 5) is 42.1. The average Bonchev–Trinajstić information content (AvgIpc) is 3.27. The van der Waals surface area contributed by atoms with Crippen LogP contribution < -0.4 is 10.1 Å². The van der Waals surface area contributed by atoms with Gasteiger partial charge in [0.05, 0.1) is 30.3 Å². The summed E-state index contributed by atoms with van der Waals surface area (Å²) in [5.41, 5.74) is 2.05. The molecule has 1 saturated heterocycles. The maximum atomic E-state index is 13.2. The van der Waals surface area contributed by atoms with Crippen LogP contribution >= 0.6 is 11.6 Å². The number of fused-ring (bicyclic) bond motifs is 5. The summed E-state index contributed by atoms with van der Waals surface area (Å²) in [6.07, 6.45) is 2.50. The zero-order valence-electron chi connectivity index (χ0n) is 22.5. The number of aromatic nitrogens is 2. The van der Waals surface area contributed by atoms with E-state index in [1.54, 1.807) is 25.2 Å². The van der Waals surface area contributed by atoms with Crippen molar-refractivity contribution in [2.45, 2.75) is 38.0 Å². The summed E-state index contributed by atoms with van der Waals surface area (Å²) in [6, 6.07) is 14.8. The highest BCUT2D eigenvalue weighted by molar-refractivity contribution is 6.33. The summed E-state index contributed by atoms with van der Waals surface area (Å²) in [5, 5.41) is 7.48. The van der Waals surface area contributed by atoms with Crippen molar-refractivity contribution in [2.24, 2.45) is 7.05 Å². The molecule has 0 radical (unpaired) electrons. The van der Waals surface area contributed by atoms with Crippen LogP contribution in [0.15, 0.2) is 54.7 Å². The number of carbonyl (C=O) groups is 3. The molecule has 11 heteroatoms. The maximum absolute atomic E-state index is 13.2. The predicted molar refractivity (Wildman–Crippen MR) is 148 cm³/mol.